The van der Waals surface area contributed by atoms with Crippen molar-refractivity contribution < 1.29 is 4.79 Å². The van der Waals surface area contributed by atoms with Gasteiger partial charge in [-0.1, -0.05) is 19.3 Å². The molecule has 0 unspecified atom stereocenters. The molecule has 1 aliphatic carbocycles. The molecule has 0 aromatic carbocycles. The SMILES string of the molecule is CN(CCCn1cccn1)C(=O)C1CCN(C2CCCCC2)CC1. The monoisotopic (exact) mass is 332 g/mol. The second kappa shape index (κ2) is 8.65. The zero-order valence-corrected chi connectivity index (χ0v) is 15.1. The van der Waals surface area contributed by atoms with Gasteiger partial charge in [0.2, 0.25) is 5.91 Å². The first-order chi connectivity index (χ1) is 11.7. The molecular formula is C19H32N4O. The van der Waals surface area contributed by atoms with Crippen molar-refractivity contribution in [2.75, 3.05) is 26.7 Å². The van der Waals surface area contributed by atoms with Gasteiger partial charge in [0.25, 0.3) is 0 Å². The maximum atomic E-state index is 12.7. The Labute approximate surface area is 146 Å². The smallest absolute Gasteiger partial charge is 0.225 e. The van der Waals surface area contributed by atoms with E-state index in [4.69, 9.17) is 0 Å². The van der Waals surface area contributed by atoms with Crippen molar-refractivity contribution in [3.05, 3.63) is 18.5 Å². The fourth-order valence-electron chi connectivity index (χ4n) is 4.28. The number of nitrogens with zero attached hydrogens (tertiary/aromatic N) is 4. The van der Waals surface area contributed by atoms with Crippen LogP contribution in [0.5, 0.6) is 0 Å². The first kappa shape index (κ1) is 17.5. The van der Waals surface area contributed by atoms with Gasteiger partial charge in [-0.05, 0) is 51.3 Å². The highest BCUT2D eigenvalue weighted by Gasteiger charge is 2.30. The van der Waals surface area contributed by atoms with Crippen LogP contribution in [0.25, 0.3) is 0 Å². The molecule has 0 radical (unpaired) electrons. The molecule has 5 heteroatoms. The Balaban J connectivity index is 1.37. The summed E-state index contributed by atoms with van der Waals surface area (Å²) >= 11 is 0. The number of likely N-dealkylation sites (tertiary alicyclic amines) is 1. The second-order valence-corrected chi connectivity index (χ2v) is 7.48. The van der Waals surface area contributed by atoms with Gasteiger partial charge in [0.15, 0.2) is 0 Å². The molecule has 134 valence electrons. The number of aryl methyl sites for hydroxylation is 1. The van der Waals surface area contributed by atoms with E-state index in [1.807, 2.05) is 28.9 Å². The van der Waals surface area contributed by atoms with Crippen molar-refractivity contribution in [3.8, 4) is 0 Å². The number of hydrogen-bond acceptors (Lipinski definition) is 3. The molecule has 3 rings (SSSR count). The number of rotatable bonds is 6. The average molecular weight is 332 g/mol. The lowest BCUT2D eigenvalue weighted by molar-refractivity contribution is -0.136. The average Bonchev–Trinajstić information content (AvgIpc) is 3.15. The highest BCUT2D eigenvalue weighted by molar-refractivity contribution is 5.78. The third-order valence-corrected chi connectivity index (χ3v) is 5.79. The lowest BCUT2D eigenvalue weighted by Gasteiger charge is -2.39. The van der Waals surface area contributed by atoms with E-state index >= 15 is 0 Å². The highest BCUT2D eigenvalue weighted by Crippen LogP contribution is 2.27. The van der Waals surface area contributed by atoms with Crippen molar-refractivity contribution in [1.82, 2.24) is 19.6 Å². The van der Waals surface area contributed by atoms with Crippen LogP contribution < -0.4 is 0 Å². The number of piperidine rings is 1. The molecule has 1 aromatic heterocycles. The van der Waals surface area contributed by atoms with Gasteiger partial charge in [0.1, 0.15) is 0 Å². The molecule has 0 spiro atoms. The maximum absolute atomic E-state index is 12.7. The highest BCUT2D eigenvalue weighted by atomic mass is 16.2. The summed E-state index contributed by atoms with van der Waals surface area (Å²) in [7, 11) is 1.96. The molecule has 1 aliphatic heterocycles. The van der Waals surface area contributed by atoms with E-state index < -0.39 is 0 Å². The molecule has 1 aromatic rings. The van der Waals surface area contributed by atoms with Gasteiger partial charge in [-0.15, -0.1) is 0 Å². The van der Waals surface area contributed by atoms with Crippen molar-refractivity contribution in [2.45, 2.75) is 64.0 Å². The Bertz CT molecular complexity index is 487. The molecule has 1 saturated carbocycles. The first-order valence-corrected chi connectivity index (χ1v) is 9.70. The lowest BCUT2D eigenvalue weighted by Crippen LogP contribution is -2.45. The van der Waals surface area contributed by atoms with Gasteiger partial charge in [-0.3, -0.25) is 9.48 Å². The van der Waals surface area contributed by atoms with Gasteiger partial charge in [-0.25, -0.2) is 0 Å². The minimum atomic E-state index is 0.236. The predicted octanol–water partition coefficient (Wildman–Crippen LogP) is 2.78. The van der Waals surface area contributed by atoms with Crippen LogP contribution >= 0.6 is 0 Å². The molecule has 5 nitrogen and oxygen atoms in total. The Morgan fingerprint density at radius 3 is 2.58 bits per heavy atom. The molecule has 0 bridgehead atoms. The number of carbonyl (C=O) groups excluding carboxylic acids is 1. The van der Waals surface area contributed by atoms with Gasteiger partial charge in [-0.2, -0.15) is 5.10 Å². The van der Waals surface area contributed by atoms with Gasteiger partial charge < -0.3 is 9.80 Å². The Hall–Kier alpha value is -1.36. The number of amides is 1. The van der Waals surface area contributed by atoms with Crippen LogP contribution in [0.4, 0.5) is 0 Å². The van der Waals surface area contributed by atoms with Crippen molar-refractivity contribution in [2.24, 2.45) is 5.92 Å². The minimum absolute atomic E-state index is 0.236. The van der Waals surface area contributed by atoms with E-state index in [-0.39, 0.29) is 5.92 Å². The van der Waals surface area contributed by atoms with Crippen LogP contribution in [-0.2, 0) is 11.3 Å². The third kappa shape index (κ3) is 4.59. The minimum Gasteiger partial charge on any atom is -0.345 e. The van der Waals surface area contributed by atoms with Gasteiger partial charge in [0, 0.05) is 44.5 Å². The topological polar surface area (TPSA) is 41.4 Å². The first-order valence-electron chi connectivity index (χ1n) is 9.70. The van der Waals surface area contributed by atoms with Crippen LogP contribution in [0.15, 0.2) is 18.5 Å². The summed E-state index contributed by atoms with van der Waals surface area (Å²) in [4.78, 5) is 17.2. The summed E-state index contributed by atoms with van der Waals surface area (Å²) in [6.07, 6.45) is 13.7. The quantitative estimate of drug-likeness (QED) is 0.804. The van der Waals surface area contributed by atoms with Crippen LogP contribution in [-0.4, -0.2) is 58.2 Å². The van der Waals surface area contributed by atoms with E-state index in [1.165, 1.54) is 32.1 Å². The van der Waals surface area contributed by atoms with E-state index in [1.54, 1.807) is 6.20 Å². The third-order valence-electron chi connectivity index (χ3n) is 5.79. The maximum Gasteiger partial charge on any atom is 0.225 e. The molecule has 2 aliphatic rings. The second-order valence-electron chi connectivity index (χ2n) is 7.48. The van der Waals surface area contributed by atoms with Gasteiger partial charge >= 0.3 is 0 Å². The number of carbonyl (C=O) groups is 1. The Kier molecular flexibility index (Phi) is 6.30. The molecule has 2 fully saturated rings. The summed E-state index contributed by atoms with van der Waals surface area (Å²) in [6.45, 7) is 3.93. The summed E-state index contributed by atoms with van der Waals surface area (Å²) in [5.41, 5.74) is 0. The fourth-order valence-corrected chi connectivity index (χ4v) is 4.28. The van der Waals surface area contributed by atoms with Crippen LogP contribution in [0.2, 0.25) is 0 Å². The normalized spacial score (nSPS) is 21.0. The summed E-state index contributed by atoms with van der Waals surface area (Å²) in [5, 5.41) is 4.21. The van der Waals surface area contributed by atoms with Crippen LogP contribution in [0, 0.1) is 5.92 Å². The van der Waals surface area contributed by atoms with E-state index in [2.05, 4.69) is 10.00 Å². The van der Waals surface area contributed by atoms with Crippen molar-refractivity contribution in [1.29, 1.82) is 0 Å². The lowest BCUT2D eigenvalue weighted by atomic mass is 9.89. The van der Waals surface area contributed by atoms with Gasteiger partial charge in [0.05, 0.1) is 0 Å². The largest absolute Gasteiger partial charge is 0.345 e. The molecule has 1 saturated heterocycles. The van der Waals surface area contributed by atoms with E-state index in [0.29, 0.717) is 5.91 Å². The Morgan fingerprint density at radius 1 is 1.17 bits per heavy atom. The predicted molar refractivity (Wildman–Crippen MR) is 95.7 cm³/mol. The number of hydrogen-bond donors (Lipinski definition) is 0. The van der Waals surface area contributed by atoms with E-state index in [0.717, 1.165) is 51.5 Å². The summed E-state index contributed by atoms with van der Waals surface area (Å²) in [5.74, 6) is 0.582. The Morgan fingerprint density at radius 2 is 1.92 bits per heavy atom. The standard InChI is InChI=1S/C19H32N4O/c1-21(12-6-14-23-13-5-11-20-23)19(24)17-9-15-22(16-10-17)18-7-3-2-4-8-18/h5,11,13,17-18H,2-4,6-10,12,14-16H2,1H3. The van der Waals surface area contributed by atoms with Crippen molar-refractivity contribution >= 4 is 5.91 Å². The van der Waals surface area contributed by atoms with Crippen LogP contribution in [0.1, 0.15) is 51.4 Å². The molecule has 2 heterocycles. The van der Waals surface area contributed by atoms with Crippen LogP contribution in [0.3, 0.4) is 0 Å². The zero-order chi connectivity index (χ0) is 16.8. The molecular weight excluding hydrogens is 300 g/mol. The molecule has 0 N–H and O–H groups in total. The summed E-state index contributed by atoms with van der Waals surface area (Å²) in [6, 6.07) is 2.73. The fraction of sp³-hybridized carbons (Fsp3) is 0.789. The zero-order valence-electron chi connectivity index (χ0n) is 15.1. The summed E-state index contributed by atoms with van der Waals surface area (Å²) < 4.78 is 1.93. The van der Waals surface area contributed by atoms with Crippen molar-refractivity contribution in [3.63, 3.8) is 0 Å². The molecule has 24 heavy (non-hydrogen) atoms. The number of aromatic nitrogens is 2. The molecule has 1 amide bonds. The molecule has 0 atom stereocenters. The van der Waals surface area contributed by atoms with E-state index in [9.17, 15) is 4.79 Å².